The highest BCUT2D eigenvalue weighted by Gasteiger charge is 2.14. The van der Waals surface area contributed by atoms with Gasteiger partial charge in [0, 0.05) is 17.6 Å². The molecule has 23 heavy (non-hydrogen) atoms. The molecule has 2 rings (SSSR count). The molecule has 0 bridgehead atoms. The van der Waals surface area contributed by atoms with E-state index in [-0.39, 0.29) is 11.5 Å². The highest BCUT2D eigenvalue weighted by Crippen LogP contribution is 2.18. The van der Waals surface area contributed by atoms with E-state index in [1.54, 1.807) is 44.2 Å². The summed E-state index contributed by atoms with van der Waals surface area (Å²) in [4.78, 5) is 23.6. The van der Waals surface area contributed by atoms with Crippen LogP contribution in [0.4, 0.5) is 0 Å². The molecule has 2 aromatic rings. The second-order valence-electron chi connectivity index (χ2n) is 5.04. The largest absolute Gasteiger partial charge is 0.481 e. The van der Waals surface area contributed by atoms with E-state index in [1.165, 1.54) is 10.7 Å². The Morgan fingerprint density at radius 3 is 2.91 bits per heavy atom. The predicted molar refractivity (Wildman–Crippen MR) is 87.8 cm³/mol. The quantitative estimate of drug-likeness (QED) is 0.873. The molecule has 7 heteroatoms. The average Bonchev–Trinajstić information content (AvgIpc) is 2.50. The van der Waals surface area contributed by atoms with Gasteiger partial charge in [0.25, 0.3) is 11.5 Å². The molecule has 0 aliphatic carbocycles. The summed E-state index contributed by atoms with van der Waals surface area (Å²) in [6, 6.07) is 9.95. The zero-order valence-electron chi connectivity index (χ0n) is 13.0. The van der Waals surface area contributed by atoms with Crippen LogP contribution in [-0.4, -0.2) is 28.3 Å². The lowest BCUT2D eigenvalue weighted by atomic mass is 10.3. The third-order valence-corrected chi connectivity index (χ3v) is 3.34. The molecule has 0 saturated carbocycles. The van der Waals surface area contributed by atoms with Crippen molar-refractivity contribution in [3.63, 3.8) is 0 Å². The number of hydrogen-bond acceptors (Lipinski definition) is 4. The van der Waals surface area contributed by atoms with Crippen molar-refractivity contribution in [3.05, 3.63) is 57.5 Å². The number of benzene rings is 1. The fraction of sp³-hybridized carbons (Fsp3) is 0.312. The van der Waals surface area contributed by atoms with E-state index >= 15 is 0 Å². The second-order valence-corrected chi connectivity index (χ2v) is 5.48. The van der Waals surface area contributed by atoms with E-state index in [0.717, 1.165) is 5.69 Å². The standard InChI is InChI=1S/C16H18ClN3O3/c1-11-6-7-15(21)20(19-11)9-8-18-16(22)12(2)23-14-5-3-4-13(17)10-14/h3-7,10,12H,8-9H2,1-2H3,(H,18,22). The molecule has 1 N–H and O–H groups in total. The van der Waals surface area contributed by atoms with Crippen LogP contribution in [-0.2, 0) is 11.3 Å². The molecule has 0 spiro atoms. The van der Waals surface area contributed by atoms with Crippen LogP contribution >= 0.6 is 11.6 Å². The Morgan fingerprint density at radius 1 is 1.39 bits per heavy atom. The summed E-state index contributed by atoms with van der Waals surface area (Å²) in [5.74, 6) is 0.252. The van der Waals surface area contributed by atoms with Crippen LogP contribution < -0.4 is 15.6 Å². The van der Waals surface area contributed by atoms with Gasteiger partial charge in [-0.15, -0.1) is 0 Å². The van der Waals surface area contributed by atoms with Gasteiger partial charge in [0.05, 0.1) is 12.2 Å². The zero-order valence-corrected chi connectivity index (χ0v) is 13.7. The highest BCUT2D eigenvalue weighted by molar-refractivity contribution is 6.30. The molecule has 1 amide bonds. The number of aryl methyl sites for hydroxylation is 1. The van der Waals surface area contributed by atoms with Crippen molar-refractivity contribution in [1.82, 2.24) is 15.1 Å². The lowest BCUT2D eigenvalue weighted by Gasteiger charge is -2.15. The smallest absolute Gasteiger partial charge is 0.266 e. The number of halogens is 1. The number of carbonyl (C=O) groups is 1. The lowest BCUT2D eigenvalue weighted by molar-refractivity contribution is -0.127. The van der Waals surface area contributed by atoms with Gasteiger partial charge in [-0.3, -0.25) is 9.59 Å². The van der Waals surface area contributed by atoms with Crippen molar-refractivity contribution in [3.8, 4) is 5.75 Å². The minimum absolute atomic E-state index is 0.201. The topological polar surface area (TPSA) is 73.2 Å². The first-order chi connectivity index (χ1) is 11.0. The summed E-state index contributed by atoms with van der Waals surface area (Å²) in [6.07, 6.45) is -0.671. The van der Waals surface area contributed by atoms with Gasteiger partial charge in [-0.1, -0.05) is 17.7 Å². The van der Waals surface area contributed by atoms with E-state index in [9.17, 15) is 9.59 Å². The van der Waals surface area contributed by atoms with Gasteiger partial charge in [0.1, 0.15) is 5.75 Å². The number of ether oxygens (including phenoxy) is 1. The molecular weight excluding hydrogens is 318 g/mol. The Balaban J connectivity index is 1.84. The summed E-state index contributed by atoms with van der Waals surface area (Å²) in [6.45, 7) is 4.04. The maximum atomic E-state index is 12.0. The second kappa shape index (κ2) is 7.78. The van der Waals surface area contributed by atoms with Crippen LogP contribution in [0.25, 0.3) is 0 Å². The minimum atomic E-state index is -0.671. The lowest BCUT2D eigenvalue weighted by Crippen LogP contribution is -2.39. The van der Waals surface area contributed by atoms with Crippen LogP contribution in [0.5, 0.6) is 5.75 Å². The van der Waals surface area contributed by atoms with Crippen LogP contribution in [0.1, 0.15) is 12.6 Å². The van der Waals surface area contributed by atoms with Crippen molar-refractivity contribution in [2.24, 2.45) is 0 Å². The van der Waals surface area contributed by atoms with Gasteiger partial charge in [0.15, 0.2) is 6.10 Å². The Hall–Kier alpha value is -2.34. The molecular formula is C16H18ClN3O3. The van der Waals surface area contributed by atoms with Gasteiger partial charge >= 0.3 is 0 Å². The summed E-state index contributed by atoms with van der Waals surface area (Å²) < 4.78 is 6.84. The Bertz CT molecular complexity index is 745. The number of aromatic nitrogens is 2. The summed E-state index contributed by atoms with van der Waals surface area (Å²) in [7, 11) is 0. The molecule has 0 radical (unpaired) electrons. The molecule has 0 aliphatic heterocycles. The molecule has 1 heterocycles. The van der Waals surface area contributed by atoms with Crippen molar-refractivity contribution < 1.29 is 9.53 Å². The van der Waals surface area contributed by atoms with E-state index in [0.29, 0.717) is 23.9 Å². The number of nitrogens with one attached hydrogen (secondary N) is 1. The van der Waals surface area contributed by atoms with Gasteiger partial charge in [-0.2, -0.15) is 5.10 Å². The first-order valence-electron chi connectivity index (χ1n) is 7.20. The first kappa shape index (κ1) is 17.0. The maximum absolute atomic E-state index is 12.0. The molecule has 0 aliphatic rings. The van der Waals surface area contributed by atoms with Crippen molar-refractivity contribution >= 4 is 17.5 Å². The van der Waals surface area contributed by atoms with E-state index < -0.39 is 6.10 Å². The SMILES string of the molecule is Cc1ccc(=O)n(CCNC(=O)C(C)Oc2cccc(Cl)c2)n1. The van der Waals surface area contributed by atoms with Gasteiger partial charge in [-0.05, 0) is 38.1 Å². The molecule has 0 saturated heterocycles. The van der Waals surface area contributed by atoms with Gasteiger partial charge < -0.3 is 10.1 Å². The molecule has 1 unspecified atom stereocenters. The van der Waals surface area contributed by atoms with Crippen LogP contribution in [0.15, 0.2) is 41.2 Å². The first-order valence-corrected chi connectivity index (χ1v) is 7.58. The molecule has 122 valence electrons. The van der Waals surface area contributed by atoms with Crippen molar-refractivity contribution in [2.45, 2.75) is 26.5 Å². The molecule has 1 atom stereocenters. The van der Waals surface area contributed by atoms with Crippen LogP contribution in [0.3, 0.4) is 0 Å². The van der Waals surface area contributed by atoms with Crippen molar-refractivity contribution in [1.29, 1.82) is 0 Å². The van der Waals surface area contributed by atoms with E-state index in [1.807, 2.05) is 0 Å². The number of hydrogen-bond donors (Lipinski definition) is 1. The molecule has 6 nitrogen and oxygen atoms in total. The van der Waals surface area contributed by atoms with Gasteiger partial charge in [-0.25, -0.2) is 4.68 Å². The Kier molecular flexibility index (Phi) is 5.76. The zero-order chi connectivity index (χ0) is 16.8. The monoisotopic (exact) mass is 335 g/mol. The van der Waals surface area contributed by atoms with Crippen LogP contribution in [0.2, 0.25) is 5.02 Å². The number of carbonyl (C=O) groups excluding carboxylic acids is 1. The predicted octanol–water partition coefficient (Wildman–Crippen LogP) is 1.79. The van der Waals surface area contributed by atoms with Crippen LogP contribution in [0, 0.1) is 6.92 Å². The summed E-state index contributed by atoms with van der Waals surface area (Å²) >= 11 is 5.87. The Labute approximate surface area is 139 Å². The number of nitrogens with zero attached hydrogens (tertiary/aromatic N) is 2. The Morgan fingerprint density at radius 2 is 2.17 bits per heavy atom. The van der Waals surface area contributed by atoms with E-state index in [4.69, 9.17) is 16.3 Å². The van der Waals surface area contributed by atoms with Gasteiger partial charge in [0.2, 0.25) is 0 Å². The average molecular weight is 336 g/mol. The molecule has 1 aromatic carbocycles. The summed E-state index contributed by atoms with van der Waals surface area (Å²) in [5.41, 5.74) is 0.543. The number of rotatable bonds is 6. The fourth-order valence-corrected chi connectivity index (χ4v) is 2.12. The third kappa shape index (κ3) is 5.10. The minimum Gasteiger partial charge on any atom is -0.481 e. The molecule has 0 fully saturated rings. The van der Waals surface area contributed by atoms with Crippen molar-refractivity contribution in [2.75, 3.05) is 6.54 Å². The normalized spacial score (nSPS) is 11.8. The maximum Gasteiger partial charge on any atom is 0.266 e. The third-order valence-electron chi connectivity index (χ3n) is 3.10. The summed E-state index contributed by atoms with van der Waals surface area (Å²) in [5, 5.41) is 7.36. The molecule has 1 aromatic heterocycles. The highest BCUT2D eigenvalue weighted by atomic mass is 35.5. The number of amides is 1. The van der Waals surface area contributed by atoms with E-state index in [2.05, 4.69) is 10.4 Å². The fourth-order valence-electron chi connectivity index (χ4n) is 1.94.